The molecule has 2 aliphatic heterocycles. The Morgan fingerprint density at radius 3 is 2.35 bits per heavy atom. The van der Waals surface area contributed by atoms with Crippen LogP contribution in [-0.2, 0) is 42.9 Å². The number of carbonyl (C=O) groups excluding carboxylic acids is 4. The quantitative estimate of drug-likeness (QED) is 0.161. The highest BCUT2D eigenvalue weighted by molar-refractivity contribution is 5.92. The molecule has 3 rings (SSSR count). The van der Waals surface area contributed by atoms with Crippen LogP contribution in [0.25, 0.3) is 0 Å². The van der Waals surface area contributed by atoms with Crippen molar-refractivity contribution in [1.82, 2.24) is 0 Å². The molecule has 0 aromatic rings. The van der Waals surface area contributed by atoms with Gasteiger partial charge >= 0.3 is 23.9 Å². The van der Waals surface area contributed by atoms with Crippen molar-refractivity contribution in [2.75, 3.05) is 0 Å². The maximum Gasteiger partial charge on any atom is 0.351 e. The van der Waals surface area contributed by atoms with Crippen LogP contribution in [-0.4, -0.2) is 70.2 Å². The Labute approximate surface area is 235 Å². The lowest BCUT2D eigenvalue weighted by molar-refractivity contribution is -0.190. The van der Waals surface area contributed by atoms with Gasteiger partial charge in [-0.2, -0.15) is 0 Å². The fourth-order valence-corrected chi connectivity index (χ4v) is 5.08. The Morgan fingerprint density at radius 1 is 1.15 bits per heavy atom. The van der Waals surface area contributed by atoms with Crippen molar-refractivity contribution in [1.29, 1.82) is 0 Å². The number of carbonyl (C=O) groups is 4. The molecule has 8 atom stereocenters. The zero-order valence-corrected chi connectivity index (χ0v) is 24.9. The van der Waals surface area contributed by atoms with Gasteiger partial charge in [-0.05, 0) is 81.2 Å². The molecular weight excluding hydrogens is 520 g/mol. The Morgan fingerprint density at radius 2 is 1.75 bits per heavy atom. The Balaban J connectivity index is 2.01. The standard InChI is InChI=1S/C30H42O10/c1-10-17(4)24(31)36-19(6)29(8,35)26(33)37-20-14-16(3)12-13-22-28(7,39-22)15-21-23(20)30(9,27(34)38-21)40-25(32)18(5)11-2/h10-11,14,19-23,35H,12-13,15H2,1-9H3/b16-14-,17-10-,18-11-/t19-,20+,21+,22+,23+,28+,29-,30+/m0/s1. The number of hydrogen-bond acceptors (Lipinski definition) is 10. The van der Waals surface area contributed by atoms with Gasteiger partial charge in [-0.1, -0.05) is 17.7 Å². The van der Waals surface area contributed by atoms with Crippen molar-refractivity contribution in [3.8, 4) is 0 Å². The van der Waals surface area contributed by atoms with Crippen LogP contribution in [0.15, 0.2) is 34.9 Å². The summed E-state index contributed by atoms with van der Waals surface area (Å²) in [6.45, 7) is 14.3. The molecule has 2 heterocycles. The Kier molecular flexibility index (Phi) is 9.06. The highest BCUT2D eigenvalue weighted by Gasteiger charge is 2.65. The van der Waals surface area contributed by atoms with Crippen LogP contribution in [0.3, 0.4) is 0 Å². The molecule has 0 saturated carbocycles. The molecule has 2 fully saturated rings. The second kappa shape index (κ2) is 11.5. The minimum absolute atomic E-state index is 0.0223. The average molecular weight is 563 g/mol. The van der Waals surface area contributed by atoms with Gasteiger partial charge in [0, 0.05) is 17.6 Å². The second-order valence-corrected chi connectivity index (χ2v) is 11.6. The van der Waals surface area contributed by atoms with Crippen LogP contribution >= 0.6 is 0 Å². The minimum atomic E-state index is -2.23. The average Bonchev–Trinajstić information content (AvgIpc) is 3.46. The fourth-order valence-electron chi connectivity index (χ4n) is 5.08. The predicted molar refractivity (Wildman–Crippen MR) is 144 cm³/mol. The van der Waals surface area contributed by atoms with Gasteiger partial charge in [-0.15, -0.1) is 0 Å². The van der Waals surface area contributed by atoms with Crippen LogP contribution in [0.2, 0.25) is 0 Å². The molecule has 0 radical (unpaired) electrons. The molecule has 0 unspecified atom stereocenters. The molecule has 222 valence electrons. The van der Waals surface area contributed by atoms with Crippen molar-refractivity contribution in [2.45, 2.75) is 123 Å². The molecule has 1 aliphatic carbocycles. The van der Waals surface area contributed by atoms with E-state index < -0.39 is 64.9 Å². The van der Waals surface area contributed by atoms with Gasteiger partial charge in [0.15, 0.2) is 5.60 Å². The topological polar surface area (TPSA) is 138 Å². The first-order valence-electron chi connectivity index (χ1n) is 13.7. The fraction of sp³-hybridized carbons (Fsp3) is 0.667. The number of hydrogen-bond donors (Lipinski definition) is 1. The zero-order valence-electron chi connectivity index (χ0n) is 24.9. The van der Waals surface area contributed by atoms with Crippen molar-refractivity contribution >= 4 is 23.9 Å². The van der Waals surface area contributed by atoms with E-state index in [0.717, 1.165) is 12.0 Å². The lowest BCUT2D eigenvalue weighted by atomic mass is 9.77. The number of aliphatic hydroxyl groups is 1. The van der Waals surface area contributed by atoms with Crippen LogP contribution in [0.5, 0.6) is 0 Å². The summed E-state index contributed by atoms with van der Waals surface area (Å²) < 4.78 is 28.7. The molecule has 0 bridgehead atoms. The molecule has 0 amide bonds. The molecule has 10 nitrogen and oxygen atoms in total. The number of fused-ring (bicyclic) bond motifs is 2. The van der Waals surface area contributed by atoms with Gasteiger partial charge in [-0.3, -0.25) is 0 Å². The summed E-state index contributed by atoms with van der Waals surface area (Å²) >= 11 is 0. The largest absolute Gasteiger partial charge is 0.459 e. The number of ether oxygens (including phenoxy) is 5. The van der Waals surface area contributed by atoms with Gasteiger partial charge in [0.1, 0.15) is 18.3 Å². The van der Waals surface area contributed by atoms with Gasteiger partial charge in [0.25, 0.3) is 0 Å². The summed E-state index contributed by atoms with van der Waals surface area (Å²) in [5, 5.41) is 11.1. The predicted octanol–water partition coefficient (Wildman–Crippen LogP) is 3.64. The molecule has 1 N–H and O–H groups in total. The summed E-state index contributed by atoms with van der Waals surface area (Å²) in [6.07, 6.45) is 3.27. The van der Waals surface area contributed by atoms with E-state index in [2.05, 4.69) is 0 Å². The molecular formula is C30H42O10. The smallest absolute Gasteiger partial charge is 0.351 e. The van der Waals surface area contributed by atoms with E-state index in [9.17, 15) is 24.3 Å². The summed E-state index contributed by atoms with van der Waals surface area (Å²) in [7, 11) is 0. The van der Waals surface area contributed by atoms with Crippen molar-refractivity contribution < 1.29 is 48.0 Å². The molecule has 3 aliphatic rings. The molecule has 0 spiro atoms. The van der Waals surface area contributed by atoms with Crippen molar-refractivity contribution in [3.05, 3.63) is 34.9 Å². The first-order valence-corrected chi connectivity index (χ1v) is 13.7. The van der Waals surface area contributed by atoms with Crippen LogP contribution < -0.4 is 0 Å². The van der Waals surface area contributed by atoms with Crippen LogP contribution in [0, 0.1) is 5.92 Å². The number of esters is 4. The van der Waals surface area contributed by atoms with E-state index in [1.165, 1.54) is 20.8 Å². The van der Waals surface area contributed by atoms with Gasteiger partial charge in [-0.25, -0.2) is 19.2 Å². The summed E-state index contributed by atoms with van der Waals surface area (Å²) in [5.41, 5.74) is -3.12. The number of allylic oxidation sites excluding steroid dienone is 3. The van der Waals surface area contributed by atoms with Crippen molar-refractivity contribution in [3.63, 3.8) is 0 Å². The van der Waals surface area contributed by atoms with E-state index in [1.807, 2.05) is 13.8 Å². The molecule has 10 heteroatoms. The normalized spacial score (nSPS) is 36.0. The van der Waals surface area contributed by atoms with E-state index >= 15 is 0 Å². The minimum Gasteiger partial charge on any atom is -0.459 e. The highest BCUT2D eigenvalue weighted by atomic mass is 16.6. The monoisotopic (exact) mass is 562 g/mol. The van der Waals surface area contributed by atoms with E-state index in [1.54, 1.807) is 45.9 Å². The number of rotatable bonds is 7. The SMILES string of the molecule is C/C=C(/C)C(=O)O[C@@H](C)[C@](C)(O)C(=O)O[C@@H]1/C=C(/C)CC[C@H]2O[C@]2(C)C[C@H]2OC(=O)[C@](C)(OC(=O)/C(C)=C\C)[C@H]12. The summed E-state index contributed by atoms with van der Waals surface area (Å²) in [4.78, 5) is 51.9. The third-order valence-corrected chi connectivity index (χ3v) is 8.49. The molecule has 0 aromatic heterocycles. The lowest BCUT2D eigenvalue weighted by Crippen LogP contribution is -2.54. The summed E-state index contributed by atoms with van der Waals surface area (Å²) in [6, 6.07) is 0. The van der Waals surface area contributed by atoms with Gasteiger partial charge < -0.3 is 28.8 Å². The second-order valence-electron chi connectivity index (χ2n) is 11.6. The van der Waals surface area contributed by atoms with Gasteiger partial charge in [0.2, 0.25) is 5.60 Å². The summed E-state index contributed by atoms with van der Waals surface area (Å²) in [5.74, 6) is -4.17. The van der Waals surface area contributed by atoms with E-state index in [0.29, 0.717) is 24.0 Å². The Hall–Kier alpha value is -2.98. The first-order chi connectivity index (χ1) is 18.5. The molecule has 40 heavy (non-hydrogen) atoms. The van der Waals surface area contributed by atoms with Crippen LogP contribution in [0.4, 0.5) is 0 Å². The third-order valence-electron chi connectivity index (χ3n) is 8.49. The molecule has 0 aromatic carbocycles. The zero-order chi connectivity index (χ0) is 30.2. The Bertz CT molecular complexity index is 1150. The van der Waals surface area contributed by atoms with E-state index in [-0.39, 0.29) is 6.10 Å². The van der Waals surface area contributed by atoms with Crippen LogP contribution in [0.1, 0.15) is 81.6 Å². The first kappa shape index (κ1) is 31.5. The third kappa shape index (κ3) is 6.17. The maximum atomic E-state index is 13.5. The highest BCUT2D eigenvalue weighted by Crippen LogP contribution is 2.50. The van der Waals surface area contributed by atoms with Crippen molar-refractivity contribution in [2.24, 2.45) is 5.92 Å². The van der Waals surface area contributed by atoms with Gasteiger partial charge in [0.05, 0.1) is 17.6 Å². The maximum absolute atomic E-state index is 13.5. The lowest BCUT2D eigenvalue weighted by Gasteiger charge is -2.36. The number of epoxide rings is 1. The molecule has 2 saturated heterocycles. The van der Waals surface area contributed by atoms with E-state index in [4.69, 9.17) is 23.7 Å².